The maximum absolute atomic E-state index is 13.9. The van der Waals surface area contributed by atoms with Crippen molar-refractivity contribution in [1.29, 1.82) is 0 Å². The smallest absolute Gasteiger partial charge is 0.264 e. The van der Waals surface area contributed by atoms with Crippen LogP contribution in [0.4, 0.5) is 5.69 Å². The first kappa shape index (κ1) is 30.5. The van der Waals surface area contributed by atoms with Gasteiger partial charge < -0.3 is 10.2 Å². The minimum absolute atomic E-state index is 0.00192. The molecule has 0 fully saturated rings. The van der Waals surface area contributed by atoms with Crippen molar-refractivity contribution in [2.24, 2.45) is 5.92 Å². The first-order valence-corrected chi connectivity index (χ1v) is 14.7. The number of anilines is 1. The molecule has 0 aliphatic carbocycles. The zero-order chi connectivity index (χ0) is 28.7. The van der Waals surface area contributed by atoms with Gasteiger partial charge in [0.15, 0.2) is 0 Å². The predicted octanol–water partition coefficient (Wildman–Crippen LogP) is 5.69. The van der Waals surface area contributed by atoms with Crippen LogP contribution in [-0.4, -0.2) is 44.3 Å². The summed E-state index contributed by atoms with van der Waals surface area (Å²) in [4.78, 5) is 28.4. The Bertz CT molecular complexity index is 1390. The fraction of sp³-hybridized carbons (Fsp3) is 0.310. The van der Waals surface area contributed by atoms with Crippen LogP contribution in [0.3, 0.4) is 0 Å². The van der Waals surface area contributed by atoms with Crippen molar-refractivity contribution in [3.05, 3.63) is 94.0 Å². The summed E-state index contributed by atoms with van der Waals surface area (Å²) in [7, 11) is -4.20. The fourth-order valence-corrected chi connectivity index (χ4v) is 5.87. The van der Waals surface area contributed by atoms with Gasteiger partial charge in [0, 0.05) is 23.1 Å². The third-order valence-electron chi connectivity index (χ3n) is 6.20. The molecular weight excluding hydrogens is 557 g/mol. The van der Waals surface area contributed by atoms with Gasteiger partial charge in [-0.2, -0.15) is 0 Å². The average Bonchev–Trinajstić information content (AvgIpc) is 2.89. The second kappa shape index (κ2) is 13.3. The molecular formula is C29H33Cl2N3O4S. The van der Waals surface area contributed by atoms with Crippen LogP contribution in [-0.2, 0) is 26.2 Å². The molecule has 1 N–H and O–H groups in total. The van der Waals surface area contributed by atoms with E-state index in [1.165, 1.54) is 35.2 Å². The highest BCUT2D eigenvalue weighted by Crippen LogP contribution is 2.30. The number of hydrogen-bond acceptors (Lipinski definition) is 4. The largest absolute Gasteiger partial charge is 0.354 e. The van der Waals surface area contributed by atoms with E-state index in [1.54, 1.807) is 25.1 Å². The highest BCUT2D eigenvalue weighted by molar-refractivity contribution is 7.92. The van der Waals surface area contributed by atoms with Crippen molar-refractivity contribution in [2.75, 3.05) is 17.4 Å². The Labute approximate surface area is 240 Å². The van der Waals surface area contributed by atoms with E-state index in [0.717, 1.165) is 15.4 Å². The van der Waals surface area contributed by atoms with Crippen LogP contribution in [0.5, 0.6) is 0 Å². The summed E-state index contributed by atoms with van der Waals surface area (Å²) in [6.45, 7) is 7.51. The predicted molar refractivity (Wildman–Crippen MR) is 156 cm³/mol. The molecule has 0 bridgehead atoms. The summed E-state index contributed by atoms with van der Waals surface area (Å²) < 4.78 is 28.6. The average molecular weight is 591 g/mol. The van der Waals surface area contributed by atoms with Crippen molar-refractivity contribution in [1.82, 2.24) is 10.2 Å². The number of aryl methyl sites for hydroxylation is 1. The van der Waals surface area contributed by atoms with Crippen LogP contribution < -0.4 is 9.62 Å². The maximum atomic E-state index is 13.9. The number of sulfonamides is 1. The number of rotatable bonds is 11. The van der Waals surface area contributed by atoms with E-state index in [0.29, 0.717) is 6.54 Å². The summed E-state index contributed by atoms with van der Waals surface area (Å²) in [5, 5.41) is 3.31. The van der Waals surface area contributed by atoms with Gasteiger partial charge in [0.2, 0.25) is 11.8 Å². The summed E-state index contributed by atoms with van der Waals surface area (Å²) in [6.07, 6.45) is 0. The van der Waals surface area contributed by atoms with Crippen LogP contribution in [0.2, 0.25) is 10.0 Å². The molecule has 10 heteroatoms. The molecule has 3 aromatic rings. The lowest BCUT2D eigenvalue weighted by Crippen LogP contribution is -2.51. The van der Waals surface area contributed by atoms with E-state index in [1.807, 2.05) is 45.0 Å². The Morgan fingerprint density at radius 2 is 1.49 bits per heavy atom. The molecule has 2 amide bonds. The Morgan fingerprint density at radius 1 is 0.897 bits per heavy atom. The third kappa shape index (κ3) is 7.97. The zero-order valence-corrected chi connectivity index (χ0v) is 24.7. The van der Waals surface area contributed by atoms with Gasteiger partial charge in [-0.1, -0.05) is 79.5 Å². The Balaban J connectivity index is 2.04. The van der Waals surface area contributed by atoms with Gasteiger partial charge in [0.25, 0.3) is 10.0 Å². The fourth-order valence-electron chi connectivity index (χ4n) is 3.94. The number of carbonyl (C=O) groups excluding carboxylic acids is 2. The van der Waals surface area contributed by atoms with Crippen LogP contribution >= 0.6 is 23.2 Å². The van der Waals surface area contributed by atoms with Crippen LogP contribution in [0.25, 0.3) is 0 Å². The number of carbonyl (C=O) groups is 2. The zero-order valence-electron chi connectivity index (χ0n) is 22.4. The van der Waals surface area contributed by atoms with Crippen molar-refractivity contribution in [3.63, 3.8) is 0 Å². The number of nitrogens with one attached hydrogen (secondary N) is 1. The van der Waals surface area contributed by atoms with E-state index in [4.69, 9.17) is 23.2 Å². The van der Waals surface area contributed by atoms with Crippen molar-refractivity contribution in [3.8, 4) is 0 Å². The van der Waals surface area contributed by atoms with Crippen molar-refractivity contribution >= 4 is 50.7 Å². The van der Waals surface area contributed by atoms with Gasteiger partial charge in [0.1, 0.15) is 12.6 Å². The minimum atomic E-state index is -4.20. The molecule has 208 valence electrons. The number of benzene rings is 3. The van der Waals surface area contributed by atoms with Crippen molar-refractivity contribution < 1.29 is 18.0 Å². The lowest BCUT2D eigenvalue weighted by molar-refractivity contribution is -0.139. The molecule has 0 spiro atoms. The highest BCUT2D eigenvalue weighted by Gasteiger charge is 2.33. The van der Waals surface area contributed by atoms with Crippen LogP contribution in [0.1, 0.15) is 31.9 Å². The quantitative estimate of drug-likeness (QED) is 0.311. The normalized spacial score (nSPS) is 12.2. The maximum Gasteiger partial charge on any atom is 0.264 e. The molecule has 0 aromatic heterocycles. The number of hydrogen-bond donors (Lipinski definition) is 1. The summed E-state index contributed by atoms with van der Waals surface area (Å²) in [6, 6.07) is 18.8. The molecule has 1 atom stereocenters. The molecule has 0 saturated heterocycles. The van der Waals surface area contributed by atoms with Gasteiger partial charge in [-0.15, -0.1) is 0 Å². The van der Waals surface area contributed by atoms with Gasteiger partial charge in [-0.25, -0.2) is 8.42 Å². The first-order chi connectivity index (χ1) is 18.4. The molecule has 7 nitrogen and oxygen atoms in total. The lowest BCUT2D eigenvalue weighted by atomic mass is 10.1. The van der Waals surface area contributed by atoms with E-state index in [2.05, 4.69) is 5.32 Å². The number of amides is 2. The topological polar surface area (TPSA) is 86.8 Å². The van der Waals surface area contributed by atoms with Gasteiger partial charge in [-0.3, -0.25) is 13.9 Å². The number of nitrogens with zero attached hydrogens (tertiary/aromatic N) is 2. The molecule has 0 aliphatic rings. The van der Waals surface area contributed by atoms with Crippen LogP contribution in [0, 0.1) is 12.8 Å². The highest BCUT2D eigenvalue weighted by atomic mass is 35.5. The van der Waals surface area contributed by atoms with E-state index in [9.17, 15) is 18.0 Å². The lowest BCUT2D eigenvalue weighted by Gasteiger charge is -2.32. The molecule has 0 aliphatic heterocycles. The Kier molecular flexibility index (Phi) is 10.4. The first-order valence-electron chi connectivity index (χ1n) is 12.6. The molecule has 0 unspecified atom stereocenters. The Hall–Kier alpha value is -3.07. The Morgan fingerprint density at radius 3 is 2.08 bits per heavy atom. The summed E-state index contributed by atoms with van der Waals surface area (Å²) >= 11 is 12.4. The second-order valence-corrected chi connectivity index (χ2v) is 12.5. The van der Waals surface area contributed by atoms with E-state index < -0.39 is 28.5 Å². The molecule has 3 aromatic carbocycles. The molecule has 39 heavy (non-hydrogen) atoms. The molecule has 0 saturated carbocycles. The summed E-state index contributed by atoms with van der Waals surface area (Å²) in [5.74, 6) is -0.657. The molecule has 0 radical (unpaired) electrons. The van der Waals surface area contributed by atoms with E-state index in [-0.39, 0.29) is 39.0 Å². The minimum Gasteiger partial charge on any atom is -0.354 e. The van der Waals surface area contributed by atoms with Gasteiger partial charge in [0.05, 0.1) is 10.6 Å². The monoisotopic (exact) mass is 589 g/mol. The molecule has 0 heterocycles. The standard InChI is InChI=1S/C29H33Cl2N3O4S/c1-20(2)17-32-29(36)22(4)33(18-23-11-9-8-10-21(23)3)28(35)19-34(26-15-24(30)14-25(31)16-26)39(37,38)27-12-6-5-7-13-27/h5-16,20,22H,17-19H2,1-4H3,(H,32,36)/t22-/m0/s1. The van der Waals surface area contributed by atoms with E-state index >= 15 is 0 Å². The SMILES string of the molecule is Cc1ccccc1CN(C(=O)CN(c1cc(Cl)cc(Cl)c1)S(=O)(=O)c1ccccc1)[C@@H](C)C(=O)NCC(C)C. The van der Waals surface area contributed by atoms with Gasteiger partial charge >= 0.3 is 0 Å². The second-order valence-electron chi connectivity index (χ2n) is 9.72. The third-order valence-corrected chi connectivity index (χ3v) is 8.42. The van der Waals surface area contributed by atoms with Crippen LogP contribution in [0.15, 0.2) is 77.7 Å². The van der Waals surface area contributed by atoms with Gasteiger partial charge in [-0.05, 0) is 61.2 Å². The van der Waals surface area contributed by atoms with Crippen molar-refractivity contribution in [2.45, 2.75) is 45.2 Å². The number of halogens is 2. The summed E-state index contributed by atoms with van der Waals surface area (Å²) in [5.41, 5.74) is 1.93. The molecule has 3 rings (SSSR count).